The van der Waals surface area contributed by atoms with E-state index in [-0.39, 0.29) is 24.7 Å². The molecule has 1 atom stereocenters. The molecule has 2 aliphatic rings. The molecule has 2 rings (SSSR count). The number of esters is 2. The van der Waals surface area contributed by atoms with Gasteiger partial charge in [-0.2, -0.15) is 0 Å². The topological polar surface area (TPSA) is 59.1 Å². The minimum absolute atomic E-state index is 0.170. The summed E-state index contributed by atoms with van der Waals surface area (Å²) in [5.41, 5.74) is 1.10. The van der Waals surface area contributed by atoms with Crippen LogP contribution >= 0.6 is 0 Å². The molecule has 20 heavy (non-hydrogen) atoms. The second kappa shape index (κ2) is 6.56. The molecule has 1 fully saturated rings. The highest BCUT2D eigenvalue weighted by Gasteiger charge is 2.32. The predicted octanol–water partition coefficient (Wildman–Crippen LogP) is 0.858. The van der Waals surface area contributed by atoms with Gasteiger partial charge in [-0.3, -0.25) is 14.5 Å². The molecule has 0 aromatic rings. The number of carbonyl (C=O) groups excluding carboxylic acids is 2. The van der Waals surface area contributed by atoms with Gasteiger partial charge in [-0.1, -0.05) is 12.2 Å². The van der Waals surface area contributed by atoms with Crippen molar-refractivity contribution in [1.29, 1.82) is 0 Å². The highest BCUT2D eigenvalue weighted by atomic mass is 16.5. The van der Waals surface area contributed by atoms with Gasteiger partial charge >= 0.3 is 11.9 Å². The summed E-state index contributed by atoms with van der Waals surface area (Å²) in [5.74, 6) is -0.555. The minimum Gasteiger partial charge on any atom is -0.450 e. The molecule has 1 aliphatic carbocycles. The number of rotatable bonds is 4. The first-order valence-corrected chi connectivity index (χ1v) is 6.70. The average Bonchev–Trinajstić information content (AvgIpc) is 2.43. The summed E-state index contributed by atoms with van der Waals surface area (Å²) in [6, 6.07) is 0.170. The molecule has 0 aromatic heterocycles. The largest absolute Gasteiger partial charge is 0.450 e. The van der Waals surface area contributed by atoms with Crippen molar-refractivity contribution in [3.05, 3.63) is 23.9 Å². The Morgan fingerprint density at radius 3 is 2.60 bits per heavy atom. The van der Waals surface area contributed by atoms with Gasteiger partial charge in [0, 0.05) is 32.6 Å². The molecular formula is C14H20N2O4. The molecule has 0 saturated carbocycles. The van der Waals surface area contributed by atoms with Crippen LogP contribution in [0.3, 0.4) is 0 Å². The van der Waals surface area contributed by atoms with E-state index in [0.29, 0.717) is 6.73 Å². The normalized spacial score (nSPS) is 22.0. The van der Waals surface area contributed by atoms with E-state index in [1.54, 1.807) is 0 Å². The number of hydrogen-bond donors (Lipinski definition) is 0. The molecule has 1 unspecified atom stereocenters. The Morgan fingerprint density at radius 1 is 1.20 bits per heavy atom. The molecule has 0 spiro atoms. The van der Waals surface area contributed by atoms with Crippen molar-refractivity contribution in [3.8, 4) is 0 Å². The Bertz CT molecular complexity index is 444. The van der Waals surface area contributed by atoms with Crippen LogP contribution in [0.5, 0.6) is 0 Å². The molecule has 0 bridgehead atoms. The van der Waals surface area contributed by atoms with E-state index in [0.717, 1.165) is 25.2 Å². The summed E-state index contributed by atoms with van der Waals surface area (Å²) in [5, 5.41) is 0. The van der Waals surface area contributed by atoms with E-state index < -0.39 is 0 Å². The Hall–Kier alpha value is -1.82. The van der Waals surface area contributed by atoms with E-state index in [2.05, 4.69) is 15.9 Å². The van der Waals surface area contributed by atoms with E-state index >= 15 is 0 Å². The number of carbonyl (C=O) groups is 2. The zero-order valence-electron chi connectivity index (χ0n) is 11.9. The van der Waals surface area contributed by atoms with E-state index in [1.165, 1.54) is 13.8 Å². The van der Waals surface area contributed by atoms with Crippen LogP contribution in [0.1, 0.15) is 20.3 Å². The maximum Gasteiger partial charge on any atom is 0.304 e. The number of hydrogen-bond acceptors (Lipinski definition) is 6. The van der Waals surface area contributed by atoms with Crippen LogP contribution in [-0.4, -0.2) is 54.3 Å². The molecule has 0 N–H and O–H groups in total. The second-order valence-corrected chi connectivity index (χ2v) is 4.88. The number of nitrogens with zero attached hydrogens (tertiary/aromatic N) is 2. The van der Waals surface area contributed by atoms with Gasteiger partial charge in [-0.25, -0.2) is 0 Å². The van der Waals surface area contributed by atoms with E-state index in [4.69, 9.17) is 9.47 Å². The van der Waals surface area contributed by atoms with Crippen molar-refractivity contribution in [3.63, 3.8) is 0 Å². The van der Waals surface area contributed by atoms with Crippen molar-refractivity contribution in [2.75, 3.05) is 26.6 Å². The molecule has 6 nitrogen and oxygen atoms in total. The Kier molecular flexibility index (Phi) is 4.79. The lowest BCUT2D eigenvalue weighted by Gasteiger charge is -2.44. The first-order chi connectivity index (χ1) is 9.58. The molecule has 6 heteroatoms. The lowest BCUT2D eigenvalue weighted by molar-refractivity contribution is -0.150. The van der Waals surface area contributed by atoms with Crippen molar-refractivity contribution >= 4 is 11.9 Å². The van der Waals surface area contributed by atoms with Gasteiger partial charge in [0.15, 0.2) is 6.73 Å². The van der Waals surface area contributed by atoms with Crippen LogP contribution in [-0.2, 0) is 19.1 Å². The molecule has 1 aliphatic heterocycles. The third kappa shape index (κ3) is 3.60. The molecule has 1 saturated heterocycles. The Balaban J connectivity index is 2.01. The second-order valence-electron chi connectivity index (χ2n) is 4.88. The van der Waals surface area contributed by atoms with Crippen molar-refractivity contribution in [2.24, 2.45) is 0 Å². The van der Waals surface area contributed by atoms with Gasteiger partial charge < -0.3 is 14.4 Å². The fraction of sp³-hybridized carbons (Fsp3) is 0.571. The van der Waals surface area contributed by atoms with Crippen LogP contribution < -0.4 is 0 Å². The number of ether oxygens (including phenoxy) is 2. The first kappa shape index (κ1) is 14.6. The SMILES string of the molecule is CC(=O)OCN1CCN(COC(C)=O)C2CC=CC=C21. The monoisotopic (exact) mass is 280 g/mol. The van der Waals surface area contributed by atoms with Gasteiger partial charge in [-0.05, 0) is 12.5 Å². The van der Waals surface area contributed by atoms with Crippen LogP contribution in [0.15, 0.2) is 23.9 Å². The molecular weight excluding hydrogens is 260 g/mol. The quantitative estimate of drug-likeness (QED) is 0.712. The third-order valence-electron chi connectivity index (χ3n) is 3.42. The fourth-order valence-corrected chi connectivity index (χ4v) is 2.43. The van der Waals surface area contributed by atoms with Gasteiger partial charge in [0.25, 0.3) is 0 Å². The van der Waals surface area contributed by atoms with Gasteiger partial charge in [-0.15, -0.1) is 0 Å². The summed E-state index contributed by atoms with van der Waals surface area (Å²) in [7, 11) is 0. The van der Waals surface area contributed by atoms with Crippen LogP contribution in [0, 0.1) is 0 Å². The summed E-state index contributed by atoms with van der Waals surface area (Å²) in [4.78, 5) is 26.1. The van der Waals surface area contributed by atoms with E-state index in [1.807, 2.05) is 12.2 Å². The van der Waals surface area contributed by atoms with Crippen molar-refractivity contribution in [2.45, 2.75) is 26.3 Å². The van der Waals surface area contributed by atoms with Crippen molar-refractivity contribution < 1.29 is 19.1 Å². The average molecular weight is 280 g/mol. The van der Waals surface area contributed by atoms with Gasteiger partial charge in [0.2, 0.25) is 0 Å². The summed E-state index contributed by atoms with van der Waals surface area (Å²) < 4.78 is 10.2. The number of fused-ring (bicyclic) bond motifs is 1. The fourth-order valence-electron chi connectivity index (χ4n) is 2.43. The number of allylic oxidation sites excluding steroid dienone is 2. The first-order valence-electron chi connectivity index (χ1n) is 6.70. The summed E-state index contributed by atoms with van der Waals surface area (Å²) in [6.45, 7) is 4.90. The van der Waals surface area contributed by atoms with Crippen molar-refractivity contribution in [1.82, 2.24) is 9.80 Å². The maximum atomic E-state index is 10.9. The number of piperazine rings is 1. The van der Waals surface area contributed by atoms with Crippen LogP contribution in [0.25, 0.3) is 0 Å². The standard InChI is InChI=1S/C14H20N2O4/c1-11(17)19-9-15-7-8-16(10-20-12(2)18)14-6-4-3-5-13(14)15/h3-5,14H,6-10H2,1-2H3. The van der Waals surface area contributed by atoms with Crippen LogP contribution in [0.2, 0.25) is 0 Å². The molecule has 0 aromatic carbocycles. The maximum absolute atomic E-state index is 10.9. The third-order valence-corrected chi connectivity index (χ3v) is 3.42. The molecule has 110 valence electrons. The Labute approximate surface area is 118 Å². The minimum atomic E-state index is -0.282. The highest BCUT2D eigenvalue weighted by Crippen LogP contribution is 2.26. The summed E-state index contributed by atoms with van der Waals surface area (Å²) in [6.07, 6.45) is 6.98. The lowest BCUT2D eigenvalue weighted by Crippen LogP contribution is -2.53. The van der Waals surface area contributed by atoms with Gasteiger partial charge in [0.1, 0.15) is 6.73 Å². The molecule has 0 radical (unpaired) electrons. The predicted molar refractivity (Wildman–Crippen MR) is 72.3 cm³/mol. The highest BCUT2D eigenvalue weighted by molar-refractivity contribution is 5.66. The lowest BCUT2D eigenvalue weighted by atomic mass is 10.00. The van der Waals surface area contributed by atoms with Crippen LogP contribution in [0.4, 0.5) is 0 Å². The molecule has 0 amide bonds. The zero-order chi connectivity index (χ0) is 14.5. The van der Waals surface area contributed by atoms with E-state index in [9.17, 15) is 9.59 Å². The smallest absolute Gasteiger partial charge is 0.304 e. The van der Waals surface area contributed by atoms with Gasteiger partial charge in [0.05, 0.1) is 6.04 Å². The summed E-state index contributed by atoms with van der Waals surface area (Å²) >= 11 is 0. The zero-order valence-corrected chi connectivity index (χ0v) is 11.9. The Morgan fingerprint density at radius 2 is 1.90 bits per heavy atom. The molecule has 1 heterocycles.